The Bertz CT molecular complexity index is 301. The molecule has 1 aromatic rings. The van der Waals surface area contributed by atoms with Crippen molar-refractivity contribution in [3.63, 3.8) is 0 Å². The highest BCUT2D eigenvalue weighted by Gasteiger charge is 2.28. The minimum absolute atomic E-state index is 0.771. The van der Waals surface area contributed by atoms with E-state index in [1.165, 1.54) is 42.1 Å². The van der Waals surface area contributed by atoms with Crippen LogP contribution in [0, 0.1) is 5.92 Å². The molecule has 0 amide bonds. The molecule has 2 heteroatoms. The Hall–Kier alpha value is 0.180. The van der Waals surface area contributed by atoms with Crippen molar-refractivity contribution in [1.29, 1.82) is 0 Å². The summed E-state index contributed by atoms with van der Waals surface area (Å²) in [5, 5.41) is 0. The van der Waals surface area contributed by atoms with Crippen LogP contribution in [-0.4, -0.2) is 4.83 Å². The Balaban J connectivity index is 1.70. The molecule has 1 aliphatic carbocycles. The van der Waals surface area contributed by atoms with Gasteiger partial charge in [0.2, 0.25) is 0 Å². The summed E-state index contributed by atoms with van der Waals surface area (Å²) in [4.78, 5) is 0.771. The Morgan fingerprint density at radius 2 is 1.87 bits per heavy atom. The normalized spacial score (nSPS) is 17.7. The first-order chi connectivity index (χ1) is 7.25. The smallest absolute Gasteiger partial charge is 0.0175 e. The third kappa shape index (κ3) is 3.92. The molecule has 2 rings (SSSR count). The molecule has 1 aliphatic rings. The molecule has 0 nitrogen and oxygen atoms in total. The number of benzene rings is 1. The Morgan fingerprint density at radius 3 is 2.47 bits per heavy atom. The standard InChI is InChI=1S/C13H16Br2/c14-12-8-4-10(5-9-12)2-1-3-13(15)11-6-7-11/h4-5,8-9,11,13H,1-3,6-7H2. The van der Waals surface area contributed by atoms with Crippen LogP contribution in [-0.2, 0) is 6.42 Å². The molecule has 0 N–H and O–H groups in total. The SMILES string of the molecule is Brc1ccc(CCCC(Br)C2CC2)cc1. The maximum absolute atomic E-state index is 3.78. The van der Waals surface area contributed by atoms with E-state index in [9.17, 15) is 0 Å². The zero-order chi connectivity index (χ0) is 10.7. The molecule has 1 atom stereocenters. The van der Waals surface area contributed by atoms with Gasteiger partial charge in [-0.15, -0.1) is 0 Å². The first-order valence-electron chi connectivity index (χ1n) is 5.64. The molecule has 0 bridgehead atoms. The summed E-state index contributed by atoms with van der Waals surface area (Å²) >= 11 is 7.24. The molecule has 1 aromatic carbocycles. The molecule has 0 heterocycles. The number of alkyl halides is 1. The van der Waals surface area contributed by atoms with Crippen molar-refractivity contribution in [3.05, 3.63) is 34.3 Å². The Labute approximate surface area is 109 Å². The van der Waals surface area contributed by atoms with Gasteiger partial charge in [-0.2, -0.15) is 0 Å². The van der Waals surface area contributed by atoms with E-state index in [1.807, 2.05) is 0 Å². The van der Waals surface area contributed by atoms with Crippen molar-refractivity contribution >= 4 is 31.9 Å². The van der Waals surface area contributed by atoms with Gasteiger partial charge in [-0.05, 0) is 55.7 Å². The fraction of sp³-hybridized carbons (Fsp3) is 0.538. The van der Waals surface area contributed by atoms with Crippen molar-refractivity contribution in [3.8, 4) is 0 Å². The van der Waals surface area contributed by atoms with E-state index >= 15 is 0 Å². The van der Waals surface area contributed by atoms with Crippen LogP contribution in [0.2, 0.25) is 0 Å². The van der Waals surface area contributed by atoms with E-state index in [2.05, 4.69) is 56.1 Å². The molecule has 82 valence electrons. The summed E-state index contributed by atoms with van der Waals surface area (Å²) < 4.78 is 1.17. The number of rotatable bonds is 5. The summed E-state index contributed by atoms with van der Waals surface area (Å²) in [5.74, 6) is 0.981. The second kappa shape index (κ2) is 5.49. The first-order valence-corrected chi connectivity index (χ1v) is 7.35. The molecule has 1 fully saturated rings. The predicted octanol–water partition coefficient (Wildman–Crippen LogP) is 4.95. The summed E-state index contributed by atoms with van der Waals surface area (Å²) in [7, 11) is 0. The van der Waals surface area contributed by atoms with Gasteiger partial charge in [0.25, 0.3) is 0 Å². The van der Waals surface area contributed by atoms with E-state index in [4.69, 9.17) is 0 Å². The van der Waals surface area contributed by atoms with Crippen LogP contribution in [0.25, 0.3) is 0 Å². The average molecular weight is 332 g/mol. The zero-order valence-electron chi connectivity index (χ0n) is 8.76. The summed E-state index contributed by atoms with van der Waals surface area (Å²) in [6.45, 7) is 0. The van der Waals surface area contributed by atoms with E-state index in [0.29, 0.717) is 0 Å². The van der Waals surface area contributed by atoms with Crippen molar-refractivity contribution in [2.45, 2.75) is 36.9 Å². The molecule has 0 aromatic heterocycles. The van der Waals surface area contributed by atoms with Crippen LogP contribution < -0.4 is 0 Å². The van der Waals surface area contributed by atoms with Gasteiger partial charge in [-0.1, -0.05) is 44.0 Å². The quantitative estimate of drug-likeness (QED) is 0.670. The van der Waals surface area contributed by atoms with Crippen LogP contribution in [0.5, 0.6) is 0 Å². The van der Waals surface area contributed by atoms with Gasteiger partial charge in [0.15, 0.2) is 0 Å². The van der Waals surface area contributed by atoms with E-state index < -0.39 is 0 Å². The highest BCUT2D eigenvalue weighted by molar-refractivity contribution is 9.10. The second-order valence-corrected chi connectivity index (χ2v) is 6.46. The highest BCUT2D eigenvalue weighted by atomic mass is 79.9. The van der Waals surface area contributed by atoms with Crippen molar-refractivity contribution in [2.75, 3.05) is 0 Å². The predicted molar refractivity (Wildman–Crippen MR) is 72.5 cm³/mol. The van der Waals surface area contributed by atoms with E-state index in [1.54, 1.807) is 0 Å². The molecule has 0 aliphatic heterocycles. The molecule has 0 radical (unpaired) electrons. The Kier molecular flexibility index (Phi) is 4.27. The largest absolute Gasteiger partial charge is 0.0888 e. The van der Waals surface area contributed by atoms with E-state index in [-0.39, 0.29) is 0 Å². The van der Waals surface area contributed by atoms with Crippen LogP contribution in [0.15, 0.2) is 28.7 Å². The third-order valence-corrected chi connectivity index (χ3v) is 4.73. The minimum atomic E-state index is 0.771. The number of hydrogen-bond donors (Lipinski definition) is 0. The van der Waals surface area contributed by atoms with Crippen LogP contribution >= 0.6 is 31.9 Å². The van der Waals surface area contributed by atoms with E-state index in [0.717, 1.165) is 10.7 Å². The Morgan fingerprint density at radius 1 is 1.20 bits per heavy atom. The second-order valence-electron chi connectivity index (χ2n) is 4.37. The monoisotopic (exact) mass is 330 g/mol. The van der Waals surface area contributed by atoms with Gasteiger partial charge in [-0.3, -0.25) is 0 Å². The average Bonchev–Trinajstić information content (AvgIpc) is 3.04. The summed E-state index contributed by atoms with van der Waals surface area (Å²) in [5.41, 5.74) is 1.45. The maximum atomic E-state index is 3.78. The van der Waals surface area contributed by atoms with Crippen LogP contribution in [0.1, 0.15) is 31.2 Å². The molecular formula is C13H16Br2. The van der Waals surface area contributed by atoms with Gasteiger partial charge in [0.1, 0.15) is 0 Å². The lowest BCUT2D eigenvalue weighted by molar-refractivity contribution is 0.654. The molecule has 15 heavy (non-hydrogen) atoms. The van der Waals surface area contributed by atoms with Crippen LogP contribution in [0.3, 0.4) is 0 Å². The lowest BCUT2D eigenvalue weighted by Gasteiger charge is -2.07. The molecule has 0 saturated heterocycles. The van der Waals surface area contributed by atoms with Gasteiger partial charge in [-0.25, -0.2) is 0 Å². The summed E-state index contributed by atoms with van der Waals surface area (Å²) in [6.07, 6.45) is 6.71. The van der Waals surface area contributed by atoms with Gasteiger partial charge < -0.3 is 0 Å². The molecule has 1 saturated carbocycles. The fourth-order valence-corrected chi connectivity index (χ4v) is 2.96. The third-order valence-electron chi connectivity index (χ3n) is 2.99. The lowest BCUT2D eigenvalue weighted by Crippen LogP contribution is -2.00. The summed E-state index contributed by atoms with van der Waals surface area (Å²) in [6, 6.07) is 8.68. The van der Waals surface area contributed by atoms with Crippen LogP contribution in [0.4, 0.5) is 0 Å². The topological polar surface area (TPSA) is 0 Å². The molecule has 1 unspecified atom stereocenters. The lowest BCUT2D eigenvalue weighted by atomic mass is 10.1. The fourth-order valence-electron chi connectivity index (χ4n) is 1.85. The van der Waals surface area contributed by atoms with Crippen molar-refractivity contribution < 1.29 is 0 Å². The van der Waals surface area contributed by atoms with Crippen molar-refractivity contribution in [2.24, 2.45) is 5.92 Å². The van der Waals surface area contributed by atoms with Crippen molar-refractivity contribution in [1.82, 2.24) is 0 Å². The van der Waals surface area contributed by atoms with Gasteiger partial charge >= 0.3 is 0 Å². The number of halogens is 2. The highest BCUT2D eigenvalue weighted by Crippen LogP contribution is 2.38. The number of aryl methyl sites for hydroxylation is 1. The minimum Gasteiger partial charge on any atom is -0.0888 e. The molecule has 0 spiro atoms. The zero-order valence-corrected chi connectivity index (χ0v) is 11.9. The first kappa shape index (κ1) is 11.7. The number of hydrogen-bond acceptors (Lipinski definition) is 0. The maximum Gasteiger partial charge on any atom is 0.0175 e. The van der Waals surface area contributed by atoms with Gasteiger partial charge in [0, 0.05) is 9.30 Å². The van der Waals surface area contributed by atoms with Gasteiger partial charge in [0.05, 0.1) is 0 Å². The molecular weight excluding hydrogens is 316 g/mol.